The molecule has 0 atom stereocenters. The number of nitrogens with zero attached hydrogens (tertiary/aromatic N) is 1. The molecule has 0 amide bonds. The lowest BCUT2D eigenvalue weighted by Crippen LogP contribution is -2.28. The summed E-state index contributed by atoms with van der Waals surface area (Å²) < 4.78 is 0. The maximum Gasteiger partial charge on any atom is 0.107 e. The van der Waals surface area contributed by atoms with Crippen LogP contribution in [0.2, 0.25) is 0 Å². The van der Waals surface area contributed by atoms with E-state index in [-0.39, 0.29) is 0 Å². The minimum atomic E-state index is 0.517. The van der Waals surface area contributed by atoms with E-state index < -0.39 is 0 Å². The molecule has 0 radical (unpaired) electrons. The van der Waals surface area contributed by atoms with Gasteiger partial charge in [-0.25, -0.2) is 0 Å². The molecule has 1 aromatic carbocycles. The van der Waals surface area contributed by atoms with Crippen LogP contribution in [0, 0.1) is 0 Å². The third-order valence-corrected chi connectivity index (χ3v) is 5.31. The first-order valence-electron chi connectivity index (χ1n) is 6.62. The van der Waals surface area contributed by atoms with Gasteiger partial charge >= 0.3 is 0 Å². The maximum atomic E-state index is 5.98. The number of hydrogen-bond donors (Lipinski definition) is 1. The molecule has 1 aliphatic rings. The lowest BCUT2D eigenvalue weighted by molar-refractivity contribution is 0.814. The molecular weight excluding hydrogens is 292 g/mol. The summed E-state index contributed by atoms with van der Waals surface area (Å²) in [5.74, 6) is 3.47. The summed E-state index contributed by atoms with van der Waals surface area (Å²) in [6.07, 6.45) is 1.23. The first-order chi connectivity index (χ1) is 9.24. The van der Waals surface area contributed by atoms with Crippen LogP contribution >= 0.6 is 35.7 Å². The van der Waals surface area contributed by atoms with E-state index in [9.17, 15) is 0 Å². The lowest BCUT2D eigenvalue weighted by atomic mass is 10.1. The molecule has 0 saturated carbocycles. The van der Waals surface area contributed by atoms with Crippen molar-refractivity contribution in [3.05, 3.63) is 23.8 Å². The smallest absolute Gasteiger partial charge is 0.107 e. The van der Waals surface area contributed by atoms with E-state index in [1.807, 2.05) is 23.5 Å². The molecule has 104 valence electrons. The van der Waals surface area contributed by atoms with Gasteiger partial charge in [-0.15, -0.1) is 11.8 Å². The Bertz CT molecular complexity index is 440. The van der Waals surface area contributed by atoms with Crippen LogP contribution in [0.5, 0.6) is 0 Å². The number of hydrogen-bond acceptors (Lipinski definition) is 4. The van der Waals surface area contributed by atoms with Crippen LogP contribution in [0.3, 0.4) is 0 Å². The van der Waals surface area contributed by atoms with Gasteiger partial charge in [0, 0.05) is 35.0 Å². The summed E-state index contributed by atoms with van der Waals surface area (Å²) in [5.41, 5.74) is 8.26. The van der Waals surface area contributed by atoms with E-state index in [0.717, 1.165) is 24.4 Å². The van der Waals surface area contributed by atoms with Gasteiger partial charge in [0.15, 0.2) is 0 Å². The highest BCUT2D eigenvalue weighted by atomic mass is 32.2. The minimum absolute atomic E-state index is 0.517. The third kappa shape index (κ3) is 3.80. The molecule has 2 N–H and O–H groups in total. The van der Waals surface area contributed by atoms with E-state index in [4.69, 9.17) is 18.0 Å². The van der Waals surface area contributed by atoms with E-state index in [0.29, 0.717) is 4.99 Å². The Morgan fingerprint density at radius 3 is 3.00 bits per heavy atom. The molecule has 1 saturated heterocycles. The van der Waals surface area contributed by atoms with Crippen molar-refractivity contribution in [2.45, 2.75) is 18.2 Å². The highest BCUT2D eigenvalue weighted by Gasteiger charge is 2.17. The quantitative estimate of drug-likeness (QED) is 0.680. The minimum Gasteiger partial charge on any atom is -0.389 e. The van der Waals surface area contributed by atoms with E-state index in [1.165, 1.54) is 28.5 Å². The van der Waals surface area contributed by atoms with Gasteiger partial charge in [-0.3, -0.25) is 0 Å². The summed E-state index contributed by atoms with van der Waals surface area (Å²) in [6.45, 7) is 4.34. The molecule has 1 aromatic rings. The zero-order valence-electron chi connectivity index (χ0n) is 11.2. The molecular formula is C14H20N2S3. The molecule has 1 fully saturated rings. The number of thiocarbonyl (C=S) groups is 1. The first kappa shape index (κ1) is 15.0. The van der Waals surface area contributed by atoms with Crippen LogP contribution < -0.4 is 10.6 Å². The Morgan fingerprint density at radius 1 is 1.42 bits per heavy atom. The molecule has 0 aromatic heterocycles. The summed E-state index contributed by atoms with van der Waals surface area (Å²) >= 11 is 9.13. The molecule has 0 aliphatic carbocycles. The van der Waals surface area contributed by atoms with Crippen LogP contribution in [-0.4, -0.2) is 35.3 Å². The van der Waals surface area contributed by atoms with Crippen molar-refractivity contribution in [1.29, 1.82) is 0 Å². The average molecular weight is 313 g/mol. The molecule has 2 nitrogen and oxygen atoms in total. The topological polar surface area (TPSA) is 29.3 Å². The fraction of sp³-hybridized carbons (Fsp3) is 0.500. The Hall–Kier alpha value is -0.390. The third-order valence-electron chi connectivity index (χ3n) is 3.11. The largest absolute Gasteiger partial charge is 0.389 e. The normalized spacial score (nSPS) is 16.2. The van der Waals surface area contributed by atoms with Gasteiger partial charge in [-0.2, -0.15) is 11.8 Å². The zero-order valence-corrected chi connectivity index (χ0v) is 13.7. The van der Waals surface area contributed by atoms with Crippen molar-refractivity contribution in [2.24, 2.45) is 5.73 Å². The standard InChI is InChI=1S/C14H20N2S3/c1-2-19-12-6-3-5-11(13(12)14(15)17)16-7-4-9-18-10-8-16/h3,5-6H,2,4,7-10H2,1H3,(H2,15,17). The van der Waals surface area contributed by atoms with Crippen molar-refractivity contribution in [3.8, 4) is 0 Å². The Kier molecular flexibility index (Phi) is 5.85. The highest BCUT2D eigenvalue weighted by Crippen LogP contribution is 2.31. The molecule has 0 bridgehead atoms. The lowest BCUT2D eigenvalue weighted by Gasteiger charge is -2.26. The molecule has 5 heteroatoms. The van der Waals surface area contributed by atoms with E-state index in [2.05, 4.69) is 30.0 Å². The number of nitrogens with two attached hydrogens (primary N) is 1. The maximum absolute atomic E-state index is 5.98. The SMILES string of the molecule is CCSc1cccc(N2CCCSCC2)c1C(N)=S. The number of anilines is 1. The van der Waals surface area contributed by atoms with Gasteiger partial charge in [-0.05, 0) is 30.1 Å². The monoisotopic (exact) mass is 312 g/mol. The van der Waals surface area contributed by atoms with Gasteiger partial charge in [0.25, 0.3) is 0 Å². The van der Waals surface area contributed by atoms with Gasteiger partial charge in [0.05, 0.1) is 0 Å². The molecule has 19 heavy (non-hydrogen) atoms. The van der Waals surface area contributed by atoms with Crippen molar-refractivity contribution in [3.63, 3.8) is 0 Å². The van der Waals surface area contributed by atoms with Gasteiger partial charge in [0.2, 0.25) is 0 Å². The Labute approximate surface area is 129 Å². The van der Waals surface area contributed by atoms with Gasteiger partial charge in [-0.1, -0.05) is 25.2 Å². The molecule has 2 rings (SSSR count). The summed E-state index contributed by atoms with van der Waals surface area (Å²) in [7, 11) is 0. The van der Waals surface area contributed by atoms with Crippen LogP contribution in [0.15, 0.2) is 23.1 Å². The summed E-state index contributed by atoms with van der Waals surface area (Å²) in [4.78, 5) is 4.17. The molecule has 1 aliphatic heterocycles. The zero-order chi connectivity index (χ0) is 13.7. The highest BCUT2D eigenvalue weighted by molar-refractivity contribution is 7.99. The number of rotatable bonds is 4. The van der Waals surface area contributed by atoms with Crippen molar-refractivity contribution in [2.75, 3.05) is 35.2 Å². The van der Waals surface area contributed by atoms with Crippen LogP contribution in [0.4, 0.5) is 5.69 Å². The molecule has 0 unspecified atom stereocenters. The van der Waals surface area contributed by atoms with Crippen LogP contribution in [0.1, 0.15) is 18.9 Å². The second-order valence-electron chi connectivity index (χ2n) is 4.40. The Morgan fingerprint density at radius 2 is 2.26 bits per heavy atom. The van der Waals surface area contributed by atoms with Crippen LogP contribution in [0.25, 0.3) is 0 Å². The summed E-state index contributed by atoms with van der Waals surface area (Å²) in [6, 6.07) is 6.40. The number of thioether (sulfide) groups is 2. The number of benzene rings is 1. The van der Waals surface area contributed by atoms with E-state index in [1.54, 1.807) is 0 Å². The average Bonchev–Trinajstić information content (AvgIpc) is 2.67. The van der Waals surface area contributed by atoms with Gasteiger partial charge in [0.1, 0.15) is 4.99 Å². The fourth-order valence-electron chi connectivity index (χ4n) is 2.29. The van der Waals surface area contributed by atoms with Gasteiger partial charge < -0.3 is 10.6 Å². The molecule has 0 spiro atoms. The fourth-order valence-corrected chi connectivity index (χ4v) is 4.30. The second-order valence-corrected chi connectivity index (χ2v) is 7.37. The van der Waals surface area contributed by atoms with Crippen LogP contribution in [-0.2, 0) is 0 Å². The second kappa shape index (κ2) is 7.41. The first-order valence-corrected chi connectivity index (χ1v) is 9.17. The predicted octanol–water partition coefficient (Wildman–Crippen LogP) is 3.38. The van der Waals surface area contributed by atoms with Crippen molar-refractivity contribution < 1.29 is 0 Å². The predicted molar refractivity (Wildman–Crippen MR) is 92.9 cm³/mol. The molecule has 1 heterocycles. The van der Waals surface area contributed by atoms with Crippen molar-refractivity contribution >= 4 is 46.4 Å². The summed E-state index contributed by atoms with van der Waals surface area (Å²) in [5, 5.41) is 0. The van der Waals surface area contributed by atoms with Crippen molar-refractivity contribution in [1.82, 2.24) is 0 Å². The van der Waals surface area contributed by atoms with E-state index >= 15 is 0 Å². The Balaban J connectivity index is 2.37.